The zero-order valence-electron chi connectivity index (χ0n) is 8.60. The van der Waals surface area contributed by atoms with Crippen LogP contribution in [-0.2, 0) is 11.2 Å². The van der Waals surface area contributed by atoms with Crippen LogP contribution in [0.5, 0.6) is 0 Å². The smallest absolute Gasteiger partial charge is 0.194 e. The first-order valence-electron chi connectivity index (χ1n) is 4.89. The molecule has 0 saturated heterocycles. The largest absolute Gasteiger partial charge is 0.330 e. The van der Waals surface area contributed by atoms with Crippen molar-refractivity contribution in [1.29, 1.82) is 0 Å². The minimum Gasteiger partial charge on any atom is -0.330 e. The molecule has 0 amide bonds. The van der Waals surface area contributed by atoms with Gasteiger partial charge in [-0.05, 0) is 30.7 Å². The summed E-state index contributed by atoms with van der Waals surface area (Å²) < 4.78 is 38.2. The van der Waals surface area contributed by atoms with Gasteiger partial charge in [-0.25, -0.2) is 13.2 Å². The monoisotopic (exact) mass is 231 g/mol. The molecule has 0 spiro atoms. The first-order chi connectivity index (χ1) is 7.54. The number of Topliss-reactive ketones (excluding diaryl/α,β-unsaturated/α-hetero) is 1. The molecule has 1 rings (SSSR count). The summed E-state index contributed by atoms with van der Waals surface area (Å²) in [6.07, 6.45) is 0.691. The minimum absolute atomic E-state index is 0.103. The zero-order chi connectivity index (χ0) is 12.1. The van der Waals surface area contributed by atoms with Gasteiger partial charge in [-0.1, -0.05) is 0 Å². The van der Waals surface area contributed by atoms with Gasteiger partial charge in [-0.3, -0.25) is 4.79 Å². The van der Waals surface area contributed by atoms with E-state index in [1.807, 2.05) is 0 Å². The van der Waals surface area contributed by atoms with Crippen molar-refractivity contribution in [3.05, 3.63) is 35.1 Å². The first-order valence-corrected chi connectivity index (χ1v) is 4.89. The van der Waals surface area contributed by atoms with E-state index in [2.05, 4.69) is 0 Å². The molecule has 2 N–H and O–H groups in total. The SMILES string of the molecule is NCCCC(=O)Cc1cc(F)c(F)c(F)c1. The van der Waals surface area contributed by atoms with Crippen LogP contribution in [0.25, 0.3) is 0 Å². The minimum atomic E-state index is -1.52. The molecular weight excluding hydrogens is 219 g/mol. The molecule has 5 heteroatoms. The standard InChI is InChI=1S/C11H12F3NO/c12-9-5-7(6-10(13)11(9)14)4-8(16)2-1-3-15/h5-6H,1-4,15H2. The second-order valence-electron chi connectivity index (χ2n) is 3.48. The fraction of sp³-hybridized carbons (Fsp3) is 0.364. The number of nitrogens with two attached hydrogens (primary N) is 1. The molecule has 0 aromatic heterocycles. The molecule has 0 atom stereocenters. The van der Waals surface area contributed by atoms with Crippen LogP contribution in [0.15, 0.2) is 12.1 Å². The Labute approximate surface area is 91.3 Å². The van der Waals surface area contributed by atoms with E-state index in [1.54, 1.807) is 0 Å². The van der Waals surface area contributed by atoms with E-state index in [1.165, 1.54) is 0 Å². The average molecular weight is 231 g/mol. The van der Waals surface area contributed by atoms with Crippen LogP contribution in [0.1, 0.15) is 18.4 Å². The molecule has 0 saturated carbocycles. The molecule has 0 bridgehead atoms. The van der Waals surface area contributed by atoms with Gasteiger partial charge in [0.1, 0.15) is 5.78 Å². The van der Waals surface area contributed by atoms with Crippen molar-refractivity contribution in [3.8, 4) is 0 Å². The van der Waals surface area contributed by atoms with Crippen molar-refractivity contribution < 1.29 is 18.0 Å². The van der Waals surface area contributed by atoms with E-state index in [9.17, 15) is 18.0 Å². The number of carbonyl (C=O) groups is 1. The van der Waals surface area contributed by atoms with Crippen LogP contribution in [-0.4, -0.2) is 12.3 Å². The zero-order valence-corrected chi connectivity index (χ0v) is 8.60. The lowest BCUT2D eigenvalue weighted by molar-refractivity contribution is -0.118. The van der Waals surface area contributed by atoms with Crippen molar-refractivity contribution in [2.45, 2.75) is 19.3 Å². The van der Waals surface area contributed by atoms with Gasteiger partial charge in [0.05, 0.1) is 0 Å². The number of carbonyl (C=O) groups excluding carboxylic acids is 1. The second-order valence-corrected chi connectivity index (χ2v) is 3.48. The number of hydrogen-bond acceptors (Lipinski definition) is 2. The molecule has 2 nitrogen and oxygen atoms in total. The van der Waals surface area contributed by atoms with Crippen LogP contribution in [0, 0.1) is 17.5 Å². The van der Waals surface area contributed by atoms with Gasteiger partial charge in [-0.15, -0.1) is 0 Å². The highest BCUT2D eigenvalue weighted by Gasteiger charge is 2.12. The van der Waals surface area contributed by atoms with Gasteiger partial charge in [0.25, 0.3) is 0 Å². The predicted octanol–water partition coefficient (Wildman–Crippen LogP) is 1.95. The first kappa shape index (κ1) is 12.7. The summed E-state index contributed by atoms with van der Waals surface area (Å²) in [5.41, 5.74) is 5.35. The van der Waals surface area contributed by atoms with Crippen molar-refractivity contribution in [1.82, 2.24) is 0 Å². The molecular formula is C11H12F3NO. The van der Waals surface area contributed by atoms with Gasteiger partial charge in [0, 0.05) is 12.8 Å². The summed E-state index contributed by atoms with van der Waals surface area (Å²) in [4.78, 5) is 11.3. The Morgan fingerprint density at radius 2 is 1.75 bits per heavy atom. The van der Waals surface area contributed by atoms with Gasteiger partial charge in [-0.2, -0.15) is 0 Å². The topological polar surface area (TPSA) is 43.1 Å². The number of benzene rings is 1. The van der Waals surface area contributed by atoms with E-state index in [4.69, 9.17) is 5.73 Å². The molecule has 0 unspecified atom stereocenters. The van der Waals surface area contributed by atoms with Crippen LogP contribution in [0.2, 0.25) is 0 Å². The molecule has 0 heterocycles. The maximum absolute atomic E-state index is 12.8. The highest BCUT2D eigenvalue weighted by atomic mass is 19.2. The van der Waals surface area contributed by atoms with E-state index in [0.29, 0.717) is 13.0 Å². The van der Waals surface area contributed by atoms with Gasteiger partial charge >= 0.3 is 0 Å². The Morgan fingerprint density at radius 3 is 2.25 bits per heavy atom. The lowest BCUT2D eigenvalue weighted by Gasteiger charge is -2.02. The summed E-state index contributed by atoms with van der Waals surface area (Å²) in [6.45, 7) is 0.387. The van der Waals surface area contributed by atoms with Crippen LogP contribution < -0.4 is 5.73 Å². The van der Waals surface area contributed by atoms with Crippen molar-refractivity contribution in [2.24, 2.45) is 5.73 Å². The summed E-state index contributed by atoms with van der Waals surface area (Å²) in [7, 11) is 0. The summed E-state index contributed by atoms with van der Waals surface area (Å²) >= 11 is 0. The van der Waals surface area contributed by atoms with Crippen LogP contribution in [0.3, 0.4) is 0 Å². The summed E-state index contributed by atoms with van der Waals surface area (Å²) in [5, 5.41) is 0. The Morgan fingerprint density at radius 1 is 1.19 bits per heavy atom. The maximum Gasteiger partial charge on any atom is 0.194 e. The normalized spacial score (nSPS) is 10.5. The fourth-order valence-corrected chi connectivity index (χ4v) is 1.33. The lowest BCUT2D eigenvalue weighted by Crippen LogP contribution is -2.07. The number of ketones is 1. The van der Waals surface area contributed by atoms with Crippen LogP contribution in [0.4, 0.5) is 13.2 Å². The third-order valence-corrected chi connectivity index (χ3v) is 2.10. The van der Waals surface area contributed by atoms with Crippen LogP contribution >= 0.6 is 0 Å². The fourth-order valence-electron chi connectivity index (χ4n) is 1.33. The highest BCUT2D eigenvalue weighted by molar-refractivity contribution is 5.80. The summed E-state index contributed by atoms with van der Waals surface area (Å²) in [5.74, 6) is -4.24. The lowest BCUT2D eigenvalue weighted by atomic mass is 10.1. The summed E-state index contributed by atoms with van der Waals surface area (Å²) in [6, 6.07) is 1.66. The predicted molar refractivity (Wildman–Crippen MR) is 53.3 cm³/mol. The molecule has 1 aromatic rings. The molecule has 1 aromatic carbocycles. The Hall–Kier alpha value is -1.36. The van der Waals surface area contributed by atoms with Gasteiger partial charge in [0.15, 0.2) is 17.5 Å². The molecule has 0 aliphatic heterocycles. The third-order valence-electron chi connectivity index (χ3n) is 2.10. The van der Waals surface area contributed by atoms with E-state index >= 15 is 0 Å². The number of halogens is 3. The number of hydrogen-bond donors (Lipinski definition) is 1. The second kappa shape index (κ2) is 5.65. The molecule has 16 heavy (non-hydrogen) atoms. The average Bonchev–Trinajstić information content (AvgIpc) is 2.23. The molecule has 0 aliphatic carbocycles. The van der Waals surface area contributed by atoms with E-state index < -0.39 is 17.5 Å². The van der Waals surface area contributed by atoms with E-state index in [-0.39, 0.29) is 24.2 Å². The Kier molecular flexibility index (Phi) is 4.49. The molecule has 0 radical (unpaired) electrons. The quantitative estimate of drug-likeness (QED) is 0.787. The Balaban J connectivity index is 2.71. The molecule has 88 valence electrons. The van der Waals surface area contributed by atoms with E-state index in [0.717, 1.165) is 12.1 Å². The van der Waals surface area contributed by atoms with Gasteiger partial charge in [0.2, 0.25) is 0 Å². The highest BCUT2D eigenvalue weighted by Crippen LogP contribution is 2.14. The molecule has 0 aliphatic rings. The Bertz CT molecular complexity index is 370. The third kappa shape index (κ3) is 3.34. The number of rotatable bonds is 5. The molecule has 0 fully saturated rings. The van der Waals surface area contributed by atoms with Gasteiger partial charge < -0.3 is 5.73 Å². The van der Waals surface area contributed by atoms with Crippen molar-refractivity contribution in [3.63, 3.8) is 0 Å². The van der Waals surface area contributed by atoms with Crippen molar-refractivity contribution >= 4 is 5.78 Å². The van der Waals surface area contributed by atoms with Crippen molar-refractivity contribution in [2.75, 3.05) is 6.54 Å². The maximum atomic E-state index is 12.8.